The van der Waals surface area contributed by atoms with Crippen molar-refractivity contribution >= 4 is 10.0 Å². The molecule has 1 aromatic heterocycles. The molecule has 3 rings (SSSR count). The zero-order valence-corrected chi connectivity index (χ0v) is 14.6. The molecule has 0 saturated heterocycles. The lowest BCUT2D eigenvalue weighted by molar-refractivity contribution is 0.375. The molecule has 0 spiro atoms. The van der Waals surface area contributed by atoms with Gasteiger partial charge in [-0.1, -0.05) is 35.0 Å². The highest BCUT2D eigenvalue weighted by atomic mass is 32.2. The number of nitrogens with zero attached hydrogens (tertiary/aromatic N) is 2. The molecule has 2 aromatic carbocycles. The van der Waals surface area contributed by atoms with E-state index in [2.05, 4.69) is 14.9 Å². The largest absolute Gasteiger partial charge is 0.496 e. The summed E-state index contributed by atoms with van der Waals surface area (Å²) in [5.41, 5.74) is 1.65. The Kier molecular flexibility index (Phi) is 4.82. The Bertz CT molecular complexity index is 966. The second kappa shape index (κ2) is 7.04. The van der Waals surface area contributed by atoms with Gasteiger partial charge in [-0.15, -0.1) is 0 Å². The van der Waals surface area contributed by atoms with Gasteiger partial charge in [0.25, 0.3) is 0 Å². The molecule has 0 aliphatic rings. The number of hydrogen-bond donors (Lipinski definition) is 1. The molecule has 0 aliphatic heterocycles. The fourth-order valence-corrected chi connectivity index (χ4v) is 3.20. The summed E-state index contributed by atoms with van der Waals surface area (Å²) in [4.78, 5) is 4.40. The Balaban J connectivity index is 1.75. The number of rotatable bonds is 6. The summed E-state index contributed by atoms with van der Waals surface area (Å²) in [6, 6.07) is 13.8. The molecule has 0 amide bonds. The van der Waals surface area contributed by atoms with Crippen LogP contribution in [-0.2, 0) is 16.6 Å². The highest BCUT2D eigenvalue weighted by Crippen LogP contribution is 2.27. The van der Waals surface area contributed by atoms with E-state index < -0.39 is 10.0 Å². The lowest BCUT2D eigenvalue weighted by atomic mass is 10.2. The minimum absolute atomic E-state index is 0.0989. The van der Waals surface area contributed by atoms with Gasteiger partial charge in [-0.2, -0.15) is 4.98 Å². The second-order valence-electron chi connectivity index (χ2n) is 5.35. The summed E-state index contributed by atoms with van der Waals surface area (Å²) < 4.78 is 37.4. The van der Waals surface area contributed by atoms with Gasteiger partial charge in [-0.05, 0) is 31.2 Å². The average molecular weight is 359 g/mol. The fraction of sp³-hybridized carbons (Fsp3) is 0.176. The molecule has 3 aromatic rings. The number of methoxy groups -OCH3 is 1. The molecular formula is C17H17N3O4S. The molecule has 0 saturated carbocycles. The lowest BCUT2D eigenvalue weighted by Crippen LogP contribution is -2.23. The number of hydrogen-bond acceptors (Lipinski definition) is 6. The SMILES string of the molecule is COc1ccccc1-c1noc(CNS(=O)(=O)c2ccc(C)cc2)n1. The van der Waals surface area contributed by atoms with Crippen LogP contribution in [0.2, 0.25) is 0 Å². The summed E-state index contributed by atoms with van der Waals surface area (Å²) >= 11 is 0. The smallest absolute Gasteiger partial charge is 0.242 e. The molecule has 25 heavy (non-hydrogen) atoms. The first-order chi connectivity index (χ1) is 12.0. The summed E-state index contributed by atoms with van der Waals surface area (Å²) in [7, 11) is -2.09. The zero-order valence-electron chi connectivity index (χ0n) is 13.8. The van der Waals surface area contributed by atoms with Gasteiger partial charge in [0, 0.05) is 0 Å². The Labute approximate surface area is 145 Å². The molecule has 0 fully saturated rings. The van der Waals surface area contributed by atoms with Gasteiger partial charge in [0.1, 0.15) is 5.75 Å². The van der Waals surface area contributed by atoms with Gasteiger partial charge in [0.05, 0.1) is 24.1 Å². The van der Waals surface area contributed by atoms with Crippen LogP contribution in [0.15, 0.2) is 57.9 Å². The van der Waals surface area contributed by atoms with Crippen LogP contribution in [0.4, 0.5) is 0 Å². The Morgan fingerprint density at radius 3 is 2.56 bits per heavy atom. The fourth-order valence-electron chi connectivity index (χ4n) is 2.22. The van der Waals surface area contributed by atoms with Crippen molar-refractivity contribution in [2.75, 3.05) is 7.11 Å². The van der Waals surface area contributed by atoms with Gasteiger partial charge in [-0.3, -0.25) is 0 Å². The van der Waals surface area contributed by atoms with Gasteiger partial charge >= 0.3 is 0 Å². The predicted octanol–water partition coefficient (Wildman–Crippen LogP) is 2.53. The average Bonchev–Trinajstić information content (AvgIpc) is 3.09. The van der Waals surface area contributed by atoms with Crippen molar-refractivity contribution in [3.05, 3.63) is 60.0 Å². The molecule has 8 heteroatoms. The van der Waals surface area contributed by atoms with Gasteiger partial charge in [0.2, 0.25) is 21.7 Å². The number of benzene rings is 2. The normalized spacial score (nSPS) is 11.4. The molecule has 0 aliphatic carbocycles. The Morgan fingerprint density at radius 1 is 1.12 bits per heavy atom. The van der Waals surface area contributed by atoms with Crippen molar-refractivity contribution in [3.63, 3.8) is 0 Å². The summed E-state index contributed by atoms with van der Waals surface area (Å²) in [5.74, 6) is 1.11. The Hall–Kier alpha value is -2.71. The van der Waals surface area contributed by atoms with E-state index in [9.17, 15) is 8.42 Å². The van der Waals surface area contributed by atoms with Crippen LogP contribution in [-0.4, -0.2) is 25.7 Å². The third kappa shape index (κ3) is 3.86. The number of para-hydroxylation sites is 1. The highest BCUT2D eigenvalue weighted by molar-refractivity contribution is 7.89. The maximum Gasteiger partial charge on any atom is 0.242 e. The minimum atomic E-state index is -3.65. The van der Waals surface area contributed by atoms with Crippen LogP contribution in [0.25, 0.3) is 11.4 Å². The zero-order chi connectivity index (χ0) is 17.9. The number of aryl methyl sites for hydroxylation is 1. The first-order valence-electron chi connectivity index (χ1n) is 7.52. The van der Waals surface area contributed by atoms with Crippen molar-refractivity contribution in [2.24, 2.45) is 0 Å². The van der Waals surface area contributed by atoms with Gasteiger partial charge in [0.15, 0.2) is 0 Å². The van der Waals surface area contributed by atoms with Crippen LogP contribution in [0.5, 0.6) is 5.75 Å². The molecule has 1 N–H and O–H groups in total. The maximum absolute atomic E-state index is 12.3. The topological polar surface area (TPSA) is 94.3 Å². The van der Waals surface area contributed by atoms with Crippen molar-refractivity contribution < 1.29 is 17.7 Å². The van der Waals surface area contributed by atoms with Crippen LogP contribution in [0.3, 0.4) is 0 Å². The monoisotopic (exact) mass is 359 g/mol. The van der Waals surface area contributed by atoms with Gasteiger partial charge < -0.3 is 9.26 Å². The lowest BCUT2D eigenvalue weighted by Gasteiger charge is -2.04. The molecular weight excluding hydrogens is 342 g/mol. The number of nitrogens with one attached hydrogen (secondary N) is 1. The molecule has 1 heterocycles. The van der Waals surface area contributed by atoms with E-state index >= 15 is 0 Å². The van der Waals surface area contributed by atoms with Crippen molar-refractivity contribution in [1.29, 1.82) is 0 Å². The molecule has 130 valence electrons. The quantitative estimate of drug-likeness (QED) is 0.727. The van der Waals surface area contributed by atoms with Crippen LogP contribution in [0, 0.1) is 6.92 Å². The van der Waals surface area contributed by atoms with E-state index in [0.717, 1.165) is 5.56 Å². The predicted molar refractivity (Wildman–Crippen MR) is 91.5 cm³/mol. The van der Waals surface area contributed by atoms with E-state index in [1.807, 2.05) is 19.1 Å². The van der Waals surface area contributed by atoms with Crippen molar-refractivity contribution in [1.82, 2.24) is 14.9 Å². The molecule has 0 bridgehead atoms. The summed E-state index contributed by atoms with van der Waals surface area (Å²) in [5, 5.41) is 3.88. The summed E-state index contributed by atoms with van der Waals surface area (Å²) in [6.45, 7) is 1.79. The first-order valence-corrected chi connectivity index (χ1v) is 9.00. The van der Waals surface area contributed by atoms with E-state index in [1.54, 1.807) is 43.5 Å². The van der Waals surface area contributed by atoms with Gasteiger partial charge in [-0.25, -0.2) is 13.1 Å². The third-order valence-corrected chi connectivity index (χ3v) is 4.98. The highest BCUT2D eigenvalue weighted by Gasteiger charge is 2.17. The van der Waals surface area contributed by atoms with Crippen LogP contribution < -0.4 is 9.46 Å². The minimum Gasteiger partial charge on any atom is -0.496 e. The van der Waals surface area contributed by atoms with E-state index in [-0.39, 0.29) is 17.3 Å². The van der Waals surface area contributed by atoms with E-state index in [4.69, 9.17) is 9.26 Å². The number of ether oxygens (including phenoxy) is 1. The standard InChI is InChI=1S/C17H17N3O4S/c1-12-7-9-13(10-8-12)25(21,22)18-11-16-19-17(20-24-16)14-5-3-4-6-15(14)23-2/h3-10,18H,11H2,1-2H3. The van der Waals surface area contributed by atoms with Crippen LogP contribution in [0.1, 0.15) is 11.5 Å². The molecule has 0 atom stereocenters. The number of aromatic nitrogens is 2. The first kappa shape index (κ1) is 17.1. The van der Waals surface area contributed by atoms with Crippen LogP contribution >= 0.6 is 0 Å². The molecule has 0 unspecified atom stereocenters. The van der Waals surface area contributed by atoms with E-state index in [0.29, 0.717) is 17.1 Å². The summed E-state index contributed by atoms with van der Waals surface area (Å²) in [6.07, 6.45) is 0. The third-order valence-electron chi connectivity index (χ3n) is 3.56. The van der Waals surface area contributed by atoms with Crippen molar-refractivity contribution in [3.8, 4) is 17.1 Å². The molecule has 0 radical (unpaired) electrons. The maximum atomic E-state index is 12.3. The van der Waals surface area contributed by atoms with Crippen molar-refractivity contribution in [2.45, 2.75) is 18.4 Å². The second-order valence-corrected chi connectivity index (χ2v) is 7.12. The Morgan fingerprint density at radius 2 is 1.84 bits per heavy atom. The number of sulfonamides is 1. The van der Waals surface area contributed by atoms with E-state index in [1.165, 1.54) is 0 Å². The molecule has 7 nitrogen and oxygen atoms in total.